The second kappa shape index (κ2) is 12.2. The van der Waals surface area contributed by atoms with E-state index >= 15 is 0 Å². The molecular weight excluding hydrogens is 452 g/mol. The molecule has 0 radical (unpaired) electrons. The number of benzene rings is 1. The van der Waals surface area contributed by atoms with Gasteiger partial charge in [-0.05, 0) is 43.0 Å². The van der Waals surface area contributed by atoms with Gasteiger partial charge in [0.2, 0.25) is 5.75 Å². The molecule has 1 heterocycles. The van der Waals surface area contributed by atoms with Crippen LogP contribution in [0.1, 0.15) is 62.2 Å². The predicted molar refractivity (Wildman–Crippen MR) is 130 cm³/mol. The van der Waals surface area contributed by atoms with Crippen molar-refractivity contribution in [2.45, 2.75) is 59.6 Å². The third-order valence-corrected chi connectivity index (χ3v) is 5.73. The number of nitrogens with one attached hydrogen (secondary N) is 1. The van der Waals surface area contributed by atoms with Crippen LogP contribution in [0.15, 0.2) is 30.5 Å². The number of methoxy groups -OCH3 is 2. The van der Waals surface area contributed by atoms with Gasteiger partial charge in [0, 0.05) is 25.1 Å². The van der Waals surface area contributed by atoms with Gasteiger partial charge < -0.3 is 24.3 Å². The quantitative estimate of drug-likeness (QED) is 0.504. The molecule has 1 aromatic carbocycles. The fraction of sp³-hybridized carbons (Fsp3) is 0.462. The van der Waals surface area contributed by atoms with Gasteiger partial charge in [-0.3, -0.25) is 9.59 Å². The maximum absolute atomic E-state index is 13.1. The average Bonchev–Trinajstić information content (AvgIpc) is 2.81. The maximum atomic E-state index is 13.1. The topological polar surface area (TPSA) is 113 Å². The molecule has 0 bridgehead atoms. The number of rotatable bonds is 10. The number of amides is 1. The predicted octanol–water partition coefficient (Wildman–Crippen LogP) is 3.82. The lowest BCUT2D eigenvalue weighted by Gasteiger charge is -2.27. The second-order valence-corrected chi connectivity index (χ2v) is 8.63. The summed E-state index contributed by atoms with van der Waals surface area (Å²) in [7, 11) is 2.99. The first-order chi connectivity index (χ1) is 16.5. The van der Waals surface area contributed by atoms with Crippen LogP contribution in [-0.2, 0) is 14.3 Å². The van der Waals surface area contributed by atoms with Crippen molar-refractivity contribution in [3.8, 4) is 17.2 Å². The Bertz CT molecular complexity index is 1070. The number of aryl methyl sites for hydroxylation is 1. The van der Waals surface area contributed by atoms with Crippen molar-refractivity contribution in [1.29, 1.82) is 0 Å². The van der Waals surface area contributed by atoms with E-state index in [-0.39, 0.29) is 29.0 Å². The van der Waals surface area contributed by atoms with Gasteiger partial charge in [0.1, 0.15) is 17.9 Å². The summed E-state index contributed by atoms with van der Waals surface area (Å²) in [6.07, 6.45) is 0.893. The minimum absolute atomic E-state index is 0.0935. The van der Waals surface area contributed by atoms with E-state index in [0.29, 0.717) is 0 Å². The number of carbonyl (C=O) groups excluding carboxylic acids is 3. The van der Waals surface area contributed by atoms with Crippen LogP contribution in [-0.4, -0.2) is 49.2 Å². The van der Waals surface area contributed by atoms with E-state index in [1.165, 1.54) is 26.3 Å². The number of hydrogen-bond donors (Lipinski definition) is 1. The van der Waals surface area contributed by atoms with Crippen LogP contribution in [0, 0.1) is 12.8 Å². The lowest BCUT2D eigenvalue weighted by molar-refractivity contribution is -0.152. The summed E-state index contributed by atoms with van der Waals surface area (Å²) < 4.78 is 21.4. The number of pyridine rings is 1. The van der Waals surface area contributed by atoms with E-state index in [1.54, 1.807) is 21.0 Å². The van der Waals surface area contributed by atoms with Gasteiger partial charge in [0.05, 0.1) is 14.2 Å². The highest BCUT2D eigenvalue weighted by Gasteiger charge is 2.31. The molecule has 1 aromatic heterocycles. The third kappa shape index (κ3) is 6.94. The van der Waals surface area contributed by atoms with Gasteiger partial charge in [0.25, 0.3) is 5.91 Å². The molecule has 1 N–H and O–H groups in total. The molecule has 0 saturated carbocycles. The zero-order valence-corrected chi connectivity index (χ0v) is 21.5. The minimum Gasteiger partial charge on any atom is -0.497 e. The normalized spacial score (nSPS) is 13.4. The van der Waals surface area contributed by atoms with Gasteiger partial charge in [-0.25, -0.2) is 9.78 Å². The van der Waals surface area contributed by atoms with E-state index in [0.717, 1.165) is 16.9 Å². The highest BCUT2D eigenvalue weighted by molar-refractivity contribution is 5.98. The first-order valence-electron chi connectivity index (χ1n) is 11.4. The van der Waals surface area contributed by atoms with Gasteiger partial charge in [-0.2, -0.15) is 0 Å². The van der Waals surface area contributed by atoms with E-state index < -0.39 is 30.0 Å². The van der Waals surface area contributed by atoms with Crippen LogP contribution >= 0.6 is 0 Å². The van der Waals surface area contributed by atoms with E-state index in [9.17, 15) is 14.4 Å². The molecule has 0 aliphatic heterocycles. The van der Waals surface area contributed by atoms with Crippen molar-refractivity contribution in [2.75, 3.05) is 14.2 Å². The van der Waals surface area contributed by atoms with Crippen LogP contribution in [0.4, 0.5) is 0 Å². The largest absolute Gasteiger partial charge is 0.497 e. The SMILES string of the molecule is COc1ccc([C@@H](C)[C@@H](C)OC(=O)[C@@H](NC(=O)c2nccc(OC)c2OC(C)=O)C(C)C)c(C)c1. The summed E-state index contributed by atoms with van der Waals surface area (Å²) in [4.78, 5) is 41.7. The van der Waals surface area contributed by atoms with Crippen molar-refractivity contribution >= 4 is 17.8 Å². The van der Waals surface area contributed by atoms with Crippen molar-refractivity contribution in [1.82, 2.24) is 10.3 Å². The number of hydrogen-bond acceptors (Lipinski definition) is 8. The monoisotopic (exact) mass is 486 g/mol. The molecule has 190 valence electrons. The average molecular weight is 487 g/mol. The number of esters is 2. The number of nitrogens with zero attached hydrogens (tertiary/aromatic N) is 1. The molecule has 2 aromatic rings. The fourth-order valence-corrected chi connectivity index (χ4v) is 3.60. The van der Waals surface area contributed by atoms with Gasteiger partial charge in [-0.15, -0.1) is 0 Å². The Morgan fingerprint density at radius 3 is 2.23 bits per heavy atom. The van der Waals surface area contributed by atoms with Crippen molar-refractivity contribution in [2.24, 2.45) is 5.92 Å². The second-order valence-electron chi connectivity index (χ2n) is 8.63. The highest BCUT2D eigenvalue weighted by atomic mass is 16.6. The molecule has 9 heteroatoms. The molecule has 35 heavy (non-hydrogen) atoms. The van der Waals surface area contributed by atoms with E-state index in [4.69, 9.17) is 18.9 Å². The fourth-order valence-electron chi connectivity index (χ4n) is 3.60. The Labute approximate surface area is 206 Å². The maximum Gasteiger partial charge on any atom is 0.329 e. The van der Waals surface area contributed by atoms with Crippen LogP contribution in [0.5, 0.6) is 17.2 Å². The standard InChI is InChI=1S/C26H34N2O7/c1-14(2)22(28-25(30)23-24(35-18(6)29)21(33-8)11-12-27-23)26(31)34-17(5)16(4)20-10-9-19(32-7)13-15(20)3/h9-14,16-17,22H,1-8H3,(H,28,30)/t16-,17+,22-/m0/s1. The van der Waals surface area contributed by atoms with Crippen molar-refractivity contribution in [3.05, 3.63) is 47.3 Å². The summed E-state index contributed by atoms with van der Waals surface area (Å²) >= 11 is 0. The molecule has 0 saturated heterocycles. The molecule has 3 atom stereocenters. The Hall–Kier alpha value is -3.62. The Balaban J connectivity index is 2.20. The molecule has 2 rings (SSSR count). The summed E-state index contributed by atoms with van der Waals surface area (Å²) in [5.74, 6) is -1.47. The molecule has 9 nitrogen and oxygen atoms in total. The lowest BCUT2D eigenvalue weighted by atomic mass is 9.92. The number of carbonyl (C=O) groups is 3. The molecule has 0 aliphatic rings. The lowest BCUT2D eigenvalue weighted by Crippen LogP contribution is -2.46. The van der Waals surface area contributed by atoms with Gasteiger partial charge in [0.15, 0.2) is 11.4 Å². The van der Waals surface area contributed by atoms with Crippen molar-refractivity contribution < 1.29 is 33.3 Å². The van der Waals surface area contributed by atoms with Crippen LogP contribution in [0.25, 0.3) is 0 Å². The Morgan fingerprint density at radius 1 is 1.00 bits per heavy atom. The summed E-state index contributed by atoms with van der Waals surface area (Å²) in [6.45, 7) is 10.5. The Morgan fingerprint density at radius 2 is 1.69 bits per heavy atom. The van der Waals surface area contributed by atoms with Gasteiger partial charge >= 0.3 is 11.9 Å². The summed E-state index contributed by atoms with van der Waals surface area (Å²) in [5.41, 5.74) is 1.88. The van der Waals surface area contributed by atoms with Crippen LogP contribution in [0.2, 0.25) is 0 Å². The van der Waals surface area contributed by atoms with Crippen LogP contribution in [0.3, 0.4) is 0 Å². The van der Waals surface area contributed by atoms with E-state index in [1.807, 2.05) is 39.0 Å². The summed E-state index contributed by atoms with van der Waals surface area (Å²) in [5, 5.41) is 2.67. The third-order valence-electron chi connectivity index (χ3n) is 5.73. The minimum atomic E-state index is -0.952. The Kier molecular flexibility index (Phi) is 9.62. The summed E-state index contributed by atoms with van der Waals surface area (Å²) in [6, 6.07) is 6.27. The molecular formula is C26H34N2O7. The molecule has 1 amide bonds. The smallest absolute Gasteiger partial charge is 0.329 e. The molecule has 0 fully saturated rings. The number of ether oxygens (including phenoxy) is 4. The van der Waals surface area contributed by atoms with Crippen LogP contribution < -0.4 is 19.5 Å². The zero-order valence-electron chi connectivity index (χ0n) is 21.5. The molecule has 0 aliphatic carbocycles. The first kappa shape index (κ1) is 27.6. The van der Waals surface area contributed by atoms with E-state index in [2.05, 4.69) is 10.3 Å². The highest BCUT2D eigenvalue weighted by Crippen LogP contribution is 2.30. The first-order valence-corrected chi connectivity index (χ1v) is 11.4. The van der Waals surface area contributed by atoms with Gasteiger partial charge in [-0.1, -0.05) is 26.8 Å². The molecule has 0 unspecified atom stereocenters. The molecule has 0 spiro atoms. The van der Waals surface area contributed by atoms with Crippen molar-refractivity contribution in [3.63, 3.8) is 0 Å². The zero-order chi connectivity index (χ0) is 26.3. The number of aromatic nitrogens is 1.